The fraction of sp³-hybridized carbons (Fsp3) is 0. The first kappa shape index (κ1) is 8.01. The van der Waals surface area contributed by atoms with Gasteiger partial charge < -0.3 is 10.2 Å². The average Bonchev–Trinajstić information content (AvgIpc) is 2.05. The summed E-state index contributed by atoms with van der Waals surface area (Å²) in [5.74, 6) is 0. The number of nitriles is 1. The molecule has 12 heavy (non-hydrogen) atoms. The number of nitrogens with one attached hydrogen (secondary N) is 1. The summed E-state index contributed by atoms with van der Waals surface area (Å²) in [7, 11) is 0. The third-order valence-electron chi connectivity index (χ3n) is 1.25. The van der Waals surface area contributed by atoms with Crippen LogP contribution in [0.4, 0.5) is 0 Å². The lowest BCUT2D eigenvalue weighted by Crippen LogP contribution is -2.11. The highest BCUT2D eigenvalue weighted by molar-refractivity contribution is 5.76. The average molecular weight is 163 g/mol. The minimum atomic E-state index is -0.491. The van der Waals surface area contributed by atoms with Gasteiger partial charge in [0, 0.05) is 0 Å². The zero-order valence-electron chi connectivity index (χ0n) is 5.98. The summed E-state index contributed by atoms with van der Waals surface area (Å²) in [5, 5.41) is 19.2. The Balaban J connectivity index is 3.22. The maximum atomic E-state index is 10.9. The molecule has 0 bridgehead atoms. The first-order valence-corrected chi connectivity index (χ1v) is 3.09. The molecule has 0 aliphatic carbocycles. The molecule has 0 saturated carbocycles. The van der Waals surface area contributed by atoms with E-state index in [9.17, 15) is 4.79 Å². The second-order valence-electron chi connectivity index (χ2n) is 2.01. The van der Waals surface area contributed by atoms with Gasteiger partial charge in [0.25, 0.3) is 5.56 Å². The van der Waals surface area contributed by atoms with Gasteiger partial charge in [-0.25, -0.2) is 0 Å². The summed E-state index contributed by atoms with van der Waals surface area (Å²) in [5.41, 5.74) is -0.110. The van der Waals surface area contributed by atoms with Crippen molar-refractivity contribution in [2.24, 2.45) is 5.16 Å². The van der Waals surface area contributed by atoms with Crippen LogP contribution in [0.1, 0.15) is 11.3 Å². The molecule has 0 aliphatic heterocycles. The summed E-state index contributed by atoms with van der Waals surface area (Å²) in [4.78, 5) is 13.3. The van der Waals surface area contributed by atoms with Crippen LogP contribution in [-0.4, -0.2) is 16.4 Å². The highest BCUT2D eigenvalue weighted by atomic mass is 16.4. The predicted molar refractivity (Wildman–Crippen MR) is 41.2 cm³/mol. The molecule has 0 unspecified atom stereocenters. The van der Waals surface area contributed by atoms with E-state index in [1.165, 1.54) is 12.1 Å². The lowest BCUT2D eigenvalue weighted by Gasteiger charge is -1.90. The van der Waals surface area contributed by atoms with E-state index in [0.717, 1.165) is 6.21 Å². The Morgan fingerprint density at radius 2 is 2.42 bits per heavy atom. The number of aromatic nitrogens is 1. The minimum Gasteiger partial charge on any atom is -0.411 e. The number of oxime groups is 1. The van der Waals surface area contributed by atoms with Gasteiger partial charge in [0.2, 0.25) is 0 Å². The molecule has 0 spiro atoms. The van der Waals surface area contributed by atoms with Crippen molar-refractivity contribution in [1.82, 2.24) is 4.98 Å². The zero-order valence-corrected chi connectivity index (χ0v) is 5.98. The van der Waals surface area contributed by atoms with Gasteiger partial charge >= 0.3 is 0 Å². The van der Waals surface area contributed by atoms with Crippen molar-refractivity contribution in [2.45, 2.75) is 0 Å². The predicted octanol–water partition coefficient (Wildman–Crippen LogP) is 0.0547. The van der Waals surface area contributed by atoms with Gasteiger partial charge in [0.15, 0.2) is 0 Å². The van der Waals surface area contributed by atoms with E-state index in [1.54, 1.807) is 6.07 Å². The number of rotatable bonds is 1. The van der Waals surface area contributed by atoms with Crippen molar-refractivity contribution in [3.8, 4) is 6.07 Å². The first-order valence-electron chi connectivity index (χ1n) is 3.09. The van der Waals surface area contributed by atoms with Gasteiger partial charge in [-0.15, -0.1) is 0 Å². The molecule has 1 rings (SSSR count). The molecule has 0 saturated heterocycles. The molecule has 0 atom stereocenters. The van der Waals surface area contributed by atoms with Crippen molar-refractivity contribution in [2.75, 3.05) is 0 Å². The summed E-state index contributed by atoms with van der Waals surface area (Å²) >= 11 is 0. The molecular weight excluding hydrogens is 158 g/mol. The number of hydrogen-bond acceptors (Lipinski definition) is 4. The first-order chi connectivity index (χ1) is 5.77. The van der Waals surface area contributed by atoms with E-state index in [0.29, 0.717) is 5.69 Å². The van der Waals surface area contributed by atoms with E-state index in [-0.39, 0.29) is 5.56 Å². The Kier molecular flexibility index (Phi) is 2.23. The monoisotopic (exact) mass is 163 g/mol. The van der Waals surface area contributed by atoms with Gasteiger partial charge in [-0.3, -0.25) is 4.79 Å². The van der Waals surface area contributed by atoms with Crippen LogP contribution in [-0.2, 0) is 0 Å². The topological polar surface area (TPSA) is 89.2 Å². The van der Waals surface area contributed by atoms with Crippen LogP contribution < -0.4 is 5.56 Å². The van der Waals surface area contributed by atoms with Crippen molar-refractivity contribution in [1.29, 1.82) is 5.26 Å². The van der Waals surface area contributed by atoms with Crippen LogP contribution in [0.25, 0.3) is 0 Å². The van der Waals surface area contributed by atoms with Gasteiger partial charge in [-0.2, -0.15) is 5.26 Å². The molecule has 0 amide bonds. The van der Waals surface area contributed by atoms with E-state index >= 15 is 0 Å². The molecule has 2 N–H and O–H groups in total. The van der Waals surface area contributed by atoms with Crippen LogP contribution in [0, 0.1) is 11.3 Å². The van der Waals surface area contributed by atoms with Gasteiger partial charge in [0.05, 0.1) is 11.9 Å². The smallest absolute Gasteiger partial charge is 0.266 e. The summed E-state index contributed by atoms with van der Waals surface area (Å²) < 4.78 is 0. The van der Waals surface area contributed by atoms with E-state index in [4.69, 9.17) is 10.5 Å². The summed E-state index contributed by atoms with van der Waals surface area (Å²) in [6.45, 7) is 0. The normalized spacial score (nSPS) is 9.92. The maximum absolute atomic E-state index is 10.9. The molecule has 0 aliphatic rings. The van der Waals surface area contributed by atoms with Gasteiger partial charge in [-0.1, -0.05) is 5.16 Å². The largest absolute Gasteiger partial charge is 0.411 e. The van der Waals surface area contributed by atoms with Crippen LogP contribution in [0.2, 0.25) is 0 Å². The number of H-pyrrole nitrogens is 1. The Labute approximate surface area is 67.6 Å². The van der Waals surface area contributed by atoms with Crippen LogP contribution in [0.15, 0.2) is 22.1 Å². The third-order valence-corrected chi connectivity index (χ3v) is 1.25. The second-order valence-corrected chi connectivity index (χ2v) is 2.01. The second kappa shape index (κ2) is 3.34. The van der Waals surface area contributed by atoms with Gasteiger partial charge in [0.1, 0.15) is 11.6 Å². The van der Waals surface area contributed by atoms with Crippen LogP contribution in [0.3, 0.4) is 0 Å². The zero-order chi connectivity index (χ0) is 8.97. The number of aromatic amines is 1. The molecule has 1 aromatic rings. The fourth-order valence-corrected chi connectivity index (χ4v) is 0.714. The number of nitrogens with zero attached hydrogens (tertiary/aromatic N) is 2. The van der Waals surface area contributed by atoms with Crippen molar-refractivity contribution < 1.29 is 5.21 Å². The fourth-order valence-electron chi connectivity index (χ4n) is 0.714. The number of pyridine rings is 1. The van der Waals surface area contributed by atoms with E-state index < -0.39 is 5.56 Å². The molecule has 0 fully saturated rings. The highest BCUT2D eigenvalue weighted by Crippen LogP contribution is 1.89. The molecule has 0 radical (unpaired) electrons. The maximum Gasteiger partial charge on any atom is 0.266 e. The highest BCUT2D eigenvalue weighted by Gasteiger charge is 1.96. The Hall–Kier alpha value is -2.09. The van der Waals surface area contributed by atoms with Gasteiger partial charge in [-0.05, 0) is 12.1 Å². The Morgan fingerprint density at radius 3 is 2.92 bits per heavy atom. The molecule has 1 aromatic heterocycles. The third kappa shape index (κ3) is 1.49. The minimum absolute atomic E-state index is 0.0325. The summed E-state index contributed by atoms with van der Waals surface area (Å²) in [6.07, 6.45) is 1.07. The van der Waals surface area contributed by atoms with Crippen molar-refractivity contribution >= 4 is 6.21 Å². The SMILES string of the molecule is N#Cc1ccc(C=NO)[nH]c1=O. The van der Waals surface area contributed by atoms with Crippen molar-refractivity contribution in [3.63, 3.8) is 0 Å². The molecule has 60 valence electrons. The molecule has 5 heteroatoms. The Bertz CT molecular complexity index is 400. The standard InChI is InChI=1S/C7H5N3O2/c8-3-5-1-2-6(4-9-12)10-7(5)11/h1-2,4,12H,(H,10,11). The van der Waals surface area contributed by atoms with E-state index in [1.807, 2.05) is 0 Å². The van der Waals surface area contributed by atoms with E-state index in [2.05, 4.69) is 10.1 Å². The molecule has 1 heterocycles. The molecule has 0 aromatic carbocycles. The lowest BCUT2D eigenvalue weighted by atomic mass is 10.3. The van der Waals surface area contributed by atoms with Crippen LogP contribution >= 0.6 is 0 Å². The Morgan fingerprint density at radius 1 is 1.67 bits per heavy atom. The quantitative estimate of drug-likeness (QED) is 0.348. The molecule has 5 nitrogen and oxygen atoms in total. The lowest BCUT2D eigenvalue weighted by molar-refractivity contribution is 0.321. The number of hydrogen-bond donors (Lipinski definition) is 2. The van der Waals surface area contributed by atoms with Crippen LogP contribution in [0.5, 0.6) is 0 Å². The summed E-state index contributed by atoms with van der Waals surface area (Å²) in [6, 6.07) is 4.54. The molecular formula is C7H5N3O2. The van der Waals surface area contributed by atoms with Crippen molar-refractivity contribution in [3.05, 3.63) is 33.7 Å².